The maximum absolute atomic E-state index is 6.79. The first-order chi connectivity index (χ1) is 16.8. The van der Waals surface area contributed by atoms with E-state index in [2.05, 4.69) is 60.7 Å². The third kappa shape index (κ3) is 13.8. The average molecular weight is 483 g/mol. The summed E-state index contributed by atoms with van der Waals surface area (Å²) in [7, 11) is 0. The molecule has 8 N–H and O–H groups in total. The first-order valence-corrected chi connectivity index (χ1v) is 13.6. The molecule has 0 aliphatic carbocycles. The summed E-state index contributed by atoms with van der Waals surface area (Å²) in [6.45, 7) is 4.04. The molecule has 6 atom stereocenters. The molecular formula is C30H50N4O. The van der Waals surface area contributed by atoms with Crippen LogP contribution in [0.25, 0.3) is 0 Å². The highest BCUT2D eigenvalue weighted by molar-refractivity contribution is 5.15. The fourth-order valence-electron chi connectivity index (χ4n) is 4.94. The molecule has 0 bridgehead atoms. The minimum atomic E-state index is 0.0411. The number of benzene rings is 2. The van der Waals surface area contributed by atoms with E-state index >= 15 is 0 Å². The summed E-state index contributed by atoms with van der Waals surface area (Å²) >= 11 is 0. The Labute approximate surface area is 214 Å². The van der Waals surface area contributed by atoms with Gasteiger partial charge in [-0.25, -0.2) is 0 Å². The highest BCUT2D eigenvalue weighted by Crippen LogP contribution is 2.21. The number of nitrogens with two attached hydrogens (primary N) is 4. The van der Waals surface area contributed by atoms with E-state index < -0.39 is 0 Å². The Hall–Kier alpha value is -1.76. The summed E-state index contributed by atoms with van der Waals surface area (Å²) in [4.78, 5) is 0. The van der Waals surface area contributed by atoms with E-state index in [1.54, 1.807) is 0 Å². The van der Waals surface area contributed by atoms with E-state index in [9.17, 15) is 0 Å². The van der Waals surface area contributed by atoms with Gasteiger partial charge < -0.3 is 27.7 Å². The van der Waals surface area contributed by atoms with Crippen molar-refractivity contribution in [3.63, 3.8) is 0 Å². The zero-order chi connectivity index (χ0) is 25.5. The maximum Gasteiger partial charge on any atom is 0.0593 e. The van der Waals surface area contributed by atoms with Crippen molar-refractivity contribution in [2.24, 2.45) is 22.9 Å². The molecule has 196 valence electrons. The van der Waals surface area contributed by atoms with Gasteiger partial charge in [-0.05, 0) is 89.2 Å². The zero-order valence-electron chi connectivity index (χ0n) is 22.0. The van der Waals surface area contributed by atoms with E-state index in [4.69, 9.17) is 27.7 Å². The number of ether oxygens (including phenoxy) is 1. The summed E-state index contributed by atoms with van der Waals surface area (Å²) in [5.41, 5.74) is 27.7. The molecule has 0 aliphatic heterocycles. The van der Waals surface area contributed by atoms with Gasteiger partial charge in [0.2, 0.25) is 0 Å². The van der Waals surface area contributed by atoms with Crippen LogP contribution in [0, 0.1) is 0 Å². The van der Waals surface area contributed by atoms with Crippen molar-refractivity contribution < 1.29 is 4.74 Å². The minimum absolute atomic E-state index is 0.0411. The van der Waals surface area contributed by atoms with Crippen LogP contribution in [0.3, 0.4) is 0 Å². The predicted molar refractivity (Wildman–Crippen MR) is 149 cm³/mol. The monoisotopic (exact) mass is 482 g/mol. The predicted octanol–water partition coefficient (Wildman–Crippen LogP) is 4.70. The zero-order valence-corrected chi connectivity index (χ0v) is 22.0. The molecule has 6 unspecified atom stereocenters. The number of rotatable bonds is 18. The van der Waals surface area contributed by atoms with Crippen LogP contribution in [0.4, 0.5) is 0 Å². The summed E-state index contributed by atoms with van der Waals surface area (Å²) in [6.07, 6.45) is 9.69. The molecular weight excluding hydrogens is 432 g/mol. The lowest BCUT2D eigenvalue weighted by Crippen LogP contribution is -2.37. The van der Waals surface area contributed by atoms with Gasteiger partial charge >= 0.3 is 0 Å². The fourth-order valence-corrected chi connectivity index (χ4v) is 4.94. The fraction of sp³-hybridized carbons (Fsp3) is 0.600. The van der Waals surface area contributed by atoms with Gasteiger partial charge in [0, 0.05) is 24.2 Å². The molecule has 2 rings (SSSR count). The molecule has 35 heavy (non-hydrogen) atoms. The minimum Gasteiger partial charge on any atom is -0.375 e. The number of hydrogen-bond donors (Lipinski definition) is 4. The third-order valence-corrected chi connectivity index (χ3v) is 6.53. The quantitative estimate of drug-likeness (QED) is 0.246. The Balaban J connectivity index is 2.00. The second-order valence-electron chi connectivity index (χ2n) is 10.6. The lowest BCUT2D eigenvalue weighted by molar-refractivity contribution is -0.0360. The molecule has 5 heteroatoms. The molecule has 0 radical (unpaired) electrons. The lowest BCUT2D eigenvalue weighted by atomic mass is 9.96. The first-order valence-electron chi connectivity index (χ1n) is 13.6. The van der Waals surface area contributed by atoms with Gasteiger partial charge in [0.1, 0.15) is 0 Å². The van der Waals surface area contributed by atoms with Crippen molar-refractivity contribution >= 4 is 0 Å². The van der Waals surface area contributed by atoms with Crippen LogP contribution < -0.4 is 22.9 Å². The molecule has 0 fully saturated rings. The standard InChI is InChI=1S/C30H50N4O/c1-23(31)19-27(33)21-29(17-9-15-25-11-5-3-6-12-25)35-30(22-28(34)20-24(2)32)18-10-16-26-13-7-4-8-14-26/h3-8,11-14,23-24,27-30H,9-10,15-22,31-34H2,1-2H3. The van der Waals surface area contributed by atoms with Crippen molar-refractivity contribution in [2.75, 3.05) is 0 Å². The first kappa shape index (κ1) is 29.5. The van der Waals surface area contributed by atoms with Gasteiger partial charge in [0.15, 0.2) is 0 Å². The Morgan fingerprint density at radius 3 is 1.29 bits per heavy atom. The topological polar surface area (TPSA) is 113 Å². The Bertz CT molecular complexity index is 703. The molecule has 0 saturated heterocycles. The van der Waals surface area contributed by atoms with Gasteiger partial charge in [-0.3, -0.25) is 0 Å². The highest BCUT2D eigenvalue weighted by Gasteiger charge is 2.22. The van der Waals surface area contributed by atoms with Crippen LogP contribution >= 0.6 is 0 Å². The summed E-state index contributed by atoms with van der Waals surface area (Å²) < 4.78 is 6.79. The van der Waals surface area contributed by atoms with Crippen LogP contribution in [0.5, 0.6) is 0 Å². The second-order valence-corrected chi connectivity index (χ2v) is 10.6. The van der Waals surface area contributed by atoms with Gasteiger partial charge in [-0.1, -0.05) is 60.7 Å². The van der Waals surface area contributed by atoms with Crippen molar-refractivity contribution in [2.45, 2.75) is 114 Å². The third-order valence-electron chi connectivity index (χ3n) is 6.53. The van der Waals surface area contributed by atoms with E-state index in [-0.39, 0.29) is 36.4 Å². The smallest absolute Gasteiger partial charge is 0.0593 e. The van der Waals surface area contributed by atoms with Crippen molar-refractivity contribution in [3.05, 3.63) is 71.8 Å². The van der Waals surface area contributed by atoms with E-state index in [1.807, 2.05) is 13.8 Å². The number of aryl methyl sites for hydroxylation is 2. The SMILES string of the molecule is CC(N)CC(N)CC(CCCc1ccccc1)OC(CCCc1ccccc1)CC(N)CC(C)N. The van der Waals surface area contributed by atoms with E-state index in [1.165, 1.54) is 11.1 Å². The molecule has 0 saturated carbocycles. The van der Waals surface area contributed by atoms with Crippen molar-refractivity contribution in [1.29, 1.82) is 0 Å². The molecule has 0 spiro atoms. The summed E-state index contributed by atoms with van der Waals surface area (Å²) in [5.74, 6) is 0. The second kappa shape index (κ2) is 16.8. The normalized spacial score (nSPS) is 16.9. The van der Waals surface area contributed by atoms with Gasteiger partial charge in [-0.15, -0.1) is 0 Å². The van der Waals surface area contributed by atoms with Crippen molar-refractivity contribution in [3.8, 4) is 0 Å². The maximum atomic E-state index is 6.79. The lowest BCUT2D eigenvalue weighted by Gasteiger charge is -2.29. The Morgan fingerprint density at radius 1 is 0.571 bits per heavy atom. The van der Waals surface area contributed by atoms with Gasteiger partial charge in [-0.2, -0.15) is 0 Å². The number of hydrogen-bond acceptors (Lipinski definition) is 5. The molecule has 2 aromatic carbocycles. The molecule has 0 heterocycles. The molecule has 0 aliphatic rings. The molecule has 2 aromatic rings. The summed E-state index contributed by atoms with van der Waals surface area (Å²) in [6, 6.07) is 21.6. The summed E-state index contributed by atoms with van der Waals surface area (Å²) in [5, 5.41) is 0. The van der Waals surface area contributed by atoms with E-state index in [0.29, 0.717) is 0 Å². The molecule has 5 nitrogen and oxygen atoms in total. The average Bonchev–Trinajstić information content (AvgIpc) is 2.79. The van der Waals surface area contributed by atoms with Gasteiger partial charge in [0.25, 0.3) is 0 Å². The molecule has 0 aromatic heterocycles. The van der Waals surface area contributed by atoms with Gasteiger partial charge in [0.05, 0.1) is 12.2 Å². The highest BCUT2D eigenvalue weighted by atomic mass is 16.5. The van der Waals surface area contributed by atoms with Crippen LogP contribution in [0.2, 0.25) is 0 Å². The van der Waals surface area contributed by atoms with Crippen LogP contribution in [-0.2, 0) is 17.6 Å². The Morgan fingerprint density at radius 2 is 0.943 bits per heavy atom. The van der Waals surface area contributed by atoms with Crippen LogP contribution in [0.15, 0.2) is 60.7 Å². The van der Waals surface area contributed by atoms with E-state index in [0.717, 1.165) is 64.2 Å². The van der Waals surface area contributed by atoms with Crippen molar-refractivity contribution in [1.82, 2.24) is 0 Å². The van der Waals surface area contributed by atoms with Crippen LogP contribution in [0.1, 0.15) is 76.3 Å². The largest absolute Gasteiger partial charge is 0.375 e. The van der Waals surface area contributed by atoms with Crippen LogP contribution in [-0.4, -0.2) is 36.4 Å². The Kier molecular flexibility index (Phi) is 14.2. The molecule has 0 amide bonds.